The van der Waals surface area contributed by atoms with Gasteiger partial charge in [0.25, 0.3) is 5.91 Å². The first-order valence-corrected chi connectivity index (χ1v) is 10.3. The molecule has 0 saturated carbocycles. The summed E-state index contributed by atoms with van der Waals surface area (Å²) in [5.74, 6) is -0.266. The van der Waals surface area contributed by atoms with Crippen molar-refractivity contribution in [3.8, 4) is 0 Å². The maximum absolute atomic E-state index is 12.4. The number of hydrogen-bond acceptors (Lipinski definition) is 4. The molecule has 0 fully saturated rings. The number of aromatic nitrogens is 1. The van der Waals surface area contributed by atoms with Crippen LogP contribution in [0, 0.1) is 0 Å². The summed E-state index contributed by atoms with van der Waals surface area (Å²) in [5.41, 5.74) is 2.40. The Morgan fingerprint density at radius 3 is 2.21 bits per heavy atom. The van der Waals surface area contributed by atoms with Crippen molar-refractivity contribution in [1.82, 2.24) is 15.0 Å². The van der Waals surface area contributed by atoms with Gasteiger partial charge >= 0.3 is 0 Å². The van der Waals surface area contributed by atoms with Crippen LogP contribution in [-0.4, -0.2) is 25.9 Å². The highest BCUT2D eigenvalue weighted by molar-refractivity contribution is 7.89. The van der Waals surface area contributed by atoms with Crippen LogP contribution in [0.4, 0.5) is 0 Å². The fraction of sp³-hybridized carbons (Fsp3) is 0.143. The number of benzene rings is 2. The van der Waals surface area contributed by atoms with Gasteiger partial charge in [0.2, 0.25) is 10.0 Å². The molecule has 7 heteroatoms. The molecule has 0 aliphatic heterocycles. The van der Waals surface area contributed by atoms with Crippen LogP contribution in [0.25, 0.3) is 0 Å². The molecule has 3 aromatic rings. The Morgan fingerprint density at radius 2 is 1.54 bits per heavy atom. The Hall–Kier alpha value is -3.03. The largest absolute Gasteiger partial charge is 0.348 e. The van der Waals surface area contributed by atoms with Crippen LogP contribution in [0.3, 0.4) is 0 Å². The number of pyridine rings is 1. The fourth-order valence-corrected chi connectivity index (χ4v) is 3.66. The van der Waals surface area contributed by atoms with Gasteiger partial charge in [0.1, 0.15) is 0 Å². The first kappa shape index (κ1) is 19.7. The quantitative estimate of drug-likeness (QED) is 0.613. The fourth-order valence-electron chi connectivity index (χ4n) is 2.63. The number of carbonyl (C=O) groups excluding carboxylic acids is 1. The van der Waals surface area contributed by atoms with Gasteiger partial charge in [-0.05, 0) is 53.9 Å². The van der Waals surface area contributed by atoms with Gasteiger partial charge in [-0.25, -0.2) is 13.1 Å². The highest BCUT2D eigenvalue weighted by Crippen LogP contribution is 2.11. The maximum atomic E-state index is 12.4. The first-order valence-electron chi connectivity index (χ1n) is 8.85. The van der Waals surface area contributed by atoms with Crippen molar-refractivity contribution < 1.29 is 13.2 Å². The number of nitrogens with one attached hydrogen (secondary N) is 2. The van der Waals surface area contributed by atoms with Gasteiger partial charge in [-0.2, -0.15) is 0 Å². The maximum Gasteiger partial charge on any atom is 0.251 e. The zero-order valence-electron chi connectivity index (χ0n) is 15.2. The van der Waals surface area contributed by atoms with Gasteiger partial charge in [-0.15, -0.1) is 0 Å². The Labute approximate surface area is 164 Å². The first-order chi connectivity index (χ1) is 13.5. The van der Waals surface area contributed by atoms with Crippen molar-refractivity contribution in [2.75, 3.05) is 6.54 Å². The summed E-state index contributed by atoms with van der Waals surface area (Å²) in [6.07, 6.45) is 3.92. The molecule has 28 heavy (non-hydrogen) atoms. The molecule has 0 bridgehead atoms. The molecule has 6 nitrogen and oxygen atoms in total. The van der Waals surface area contributed by atoms with Crippen LogP contribution in [0.2, 0.25) is 0 Å². The van der Waals surface area contributed by atoms with Crippen molar-refractivity contribution in [2.45, 2.75) is 17.9 Å². The average molecular weight is 395 g/mol. The molecule has 1 aromatic heterocycles. The Bertz CT molecular complexity index is 1010. The van der Waals surface area contributed by atoms with E-state index in [2.05, 4.69) is 15.0 Å². The van der Waals surface area contributed by atoms with E-state index < -0.39 is 10.0 Å². The highest BCUT2D eigenvalue weighted by atomic mass is 32.2. The minimum atomic E-state index is -3.62. The minimum absolute atomic E-state index is 0.131. The van der Waals surface area contributed by atoms with Gasteiger partial charge in [-0.1, -0.05) is 30.3 Å². The molecule has 0 aliphatic carbocycles. The average Bonchev–Trinajstić information content (AvgIpc) is 2.73. The molecule has 144 valence electrons. The molecule has 0 atom stereocenters. The molecule has 1 heterocycles. The van der Waals surface area contributed by atoms with Crippen molar-refractivity contribution >= 4 is 15.9 Å². The summed E-state index contributed by atoms with van der Waals surface area (Å²) in [4.78, 5) is 16.3. The number of amides is 1. The minimum Gasteiger partial charge on any atom is -0.348 e. The van der Waals surface area contributed by atoms with Crippen LogP contribution in [0.5, 0.6) is 0 Å². The SMILES string of the molecule is O=C(NCc1ccncc1)c1ccc(S(=O)(=O)NCCc2ccccc2)cc1. The molecular formula is C21H21N3O3S. The van der Waals surface area contributed by atoms with E-state index in [0.717, 1.165) is 11.1 Å². The van der Waals surface area contributed by atoms with Crippen molar-refractivity contribution in [2.24, 2.45) is 0 Å². The van der Waals surface area contributed by atoms with Crippen LogP contribution in [0.15, 0.2) is 84.0 Å². The number of nitrogens with zero attached hydrogens (tertiary/aromatic N) is 1. The topological polar surface area (TPSA) is 88.2 Å². The second kappa shape index (κ2) is 9.25. The number of hydrogen-bond donors (Lipinski definition) is 2. The van der Waals surface area contributed by atoms with Crippen LogP contribution >= 0.6 is 0 Å². The van der Waals surface area contributed by atoms with Gasteiger partial charge in [0, 0.05) is 31.0 Å². The third-order valence-electron chi connectivity index (χ3n) is 4.18. The van der Waals surface area contributed by atoms with E-state index in [4.69, 9.17) is 0 Å². The van der Waals surface area contributed by atoms with Crippen LogP contribution in [-0.2, 0) is 23.0 Å². The third-order valence-corrected chi connectivity index (χ3v) is 5.65. The van der Waals surface area contributed by atoms with Crippen LogP contribution in [0.1, 0.15) is 21.5 Å². The number of sulfonamides is 1. The molecule has 3 rings (SSSR count). The Kier molecular flexibility index (Phi) is 6.52. The summed E-state index contributed by atoms with van der Waals surface area (Å²) in [6.45, 7) is 0.683. The van der Waals surface area contributed by atoms with E-state index in [0.29, 0.717) is 25.1 Å². The molecule has 0 radical (unpaired) electrons. The third kappa shape index (κ3) is 5.48. The number of carbonyl (C=O) groups is 1. The summed E-state index contributed by atoms with van der Waals surface area (Å²) in [6, 6.07) is 19.2. The monoisotopic (exact) mass is 395 g/mol. The second-order valence-corrected chi connectivity index (χ2v) is 7.96. The second-order valence-electron chi connectivity index (χ2n) is 6.20. The highest BCUT2D eigenvalue weighted by Gasteiger charge is 2.14. The van der Waals surface area contributed by atoms with E-state index in [-0.39, 0.29) is 10.8 Å². The molecule has 0 unspecified atom stereocenters. The van der Waals surface area contributed by atoms with Gasteiger partial charge in [-0.3, -0.25) is 9.78 Å². The van der Waals surface area contributed by atoms with E-state index in [9.17, 15) is 13.2 Å². The smallest absolute Gasteiger partial charge is 0.251 e. The lowest BCUT2D eigenvalue weighted by molar-refractivity contribution is 0.0951. The Balaban J connectivity index is 1.55. The summed E-state index contributed by atoms with van der Waals surface area (Å²) in [5, 5.41) is 2.79. The zero-order valence-corrected chi connectivity index (χ0v) is 16.0. The lowest BCUT2D eigenvalue weighted by atomic mass is 10.2. The van der Waals surface area contributed by atoms with Gasteiger partial charge in [0.15, 0.2) is 0 Å². The van der Waals surface area contributed by atoms with E-state index in [1.54, 1.807) is 12.4 Å². The number of rotatable bonds is 8. The zero-order chi connectivity index (χ0) is 19.8. The molecule has 2 aromatic carbocycles. The normalized spacial score (nSPS) is 11.1. The van der Waals surface area contributed by atoms with E-state index >= 15 is 0 Å². The van der Waals surface area contributed by atoms with E-state index in [1.165, 1.54) is 24.3 Å². The van der Waals surface area contributed by atoms with Crippen molar-refractivity contribution in [3.05, 3.63) is 95.8 Å². The standard InChI is InChI=1S/C21H21N3O3S/c25-21(23-16-18-10-13-22-14-11-18)19-6-8-20(9-7-19)28(26,27)24-15-12-17-4-2-1-3-5-17/h1-11,13-14,24H,12,15-16H2,(H,23,25). The lowest BCUT2D eigenvalue weighted by Gasteiger charge is -2.08. The van der Waals surface area contributed by atoms with Crippen molar-refractivity contribution in [1.29, 1.82) is 0 Å². The summed E-state index contributed by atoms with van der Waals surface area (Å²) < 4.78 is 27.4. The summed E-state index contributed by atoms with van der Waals surface area (Å²) >= 11 is 0. The lowest BCUT2D eigenvalue weighted by Crippen LogP contribution is -2.26. The molecule has 0 saturated heterocycles. The molecule has 1 amide bonds. The molecular weight excluding hydrogens is 374 g/mol. The van der Waals surface area contributed by atoms with Crippen molar-refractivity contribution in [3.63, 3.8) is 0 Å². The van der Waals surface area contributed by atoms with Gasteiger partial charge in [0.05, 0.1) is 4.90 Å². The van der Waals surface area contributed by atoms with Gasteiger partial charge < -0.3 is 5.32 Å². The van der Waals surface area contributed by atoms with Crippen LogP contribution < -0.4 is 10.0 Å². The predicted octanol–water partition coefficient (Wildman–Crippen LogP) is 2.53. The van der Waals surface area contributed by atoms with E-state index in [1.807, 2.05) is 42.5 Å². The molecule has 2 N–H and O–H groups in total. The predicted molar refractivity (Wildman–Crippen MR) is 107 cm³/mol. The molecule has 0 aliphatic rings. The molecule has 0 spiro atoms. The summed E-state index contributed by atoms with van der Waals surface area (Å²) in [7, 11) is -3.62. The Morgan fingerprint density at radius 1 is 0.857 bits per heavy atom.